The zero-order valence-electron chi connectivity index (χ0n) is 10.2. The second kappa shape index (κ2) is 4.12. The molecular weight excluding hydrogens is 261 g/mol. The summed E-state index contributed by atoms with van der Waals surface area (Å²) in [7, 11) is 0. The first-order chi connectivity index (χ1) is 8.19. The first-order valence-electron chi connectivity index (χ1n) is 5.41. The minimum atomic E-state index is -4.50. The van der Waals surface area contributed by atoms with Crippen LogP contribution in [0.5, 0.6) is 0 Å². The Morgan fingerprint density at radius 3 is 2.33 bits per heavy atom. The zero-order valence-corrected chi connectivity index (χ0v) is 11.1. The van der Waals surface area contributed by atoms with Crippen LogP contribution in [-0.2, 0) is 11.7 Å². The third-order valence-corrected chi connectivity index (χ3v) is 3.38. The van der Waals surface area contributed by atoms with E-state index in [4.69, 9.17) is 0 Å². The largest absolute Gasteiger partial charge is 0.505 e. The first kappa shape index (κ1) is 13.1. The second-order valence-corrected chi connectivity index (χ2v) is 5.97. The van der Waals surface area contributed by atoms with Crippen molar-refractivity contribution in [3.05, 3.63) is 29.3 Å². The average Bonchev–Trinajstić information content (AvgIpc) is 2.84. The number of thiophene rings is 1. The molecule has 0 N–H and O–H groups in total. The van der Waals surface area contributed by atoms with Crippen molar-refractivity contribution in [1.82, 2.24) is 9.78 Å². The Hall–Kier alpha value is -1.30. The van der Waals surface area contributed by atoms with Crippen LogP contribution in [0.1, 0.15) is 26.5 Å². The van der Waals surface area contributed by atoms with Crippen molar-refractivity contribution in [2.24, 2.45) is 0 Å². The summed E-state index contributed by atoms with van der Waals surface area (Å²) in [4.78, 5) is 0.565. The molecule has 2 rings (SSSR count). The number of hydrogen-bond acceptors (Lipinski definition) is 2. The predicted octanol–water partition coefficient (Wildman–Crippen LogP) is 4.39. The van der Waals surface area contributed by atoms with E-state index in [2.05, 4.69) is 5.10 Å². The number of halogens is 3. The summed E-state index contributed by atoms with van der Waals surface area (Å²) in [6.45, 7) is 5.52. The van der Waals surface area contributed by atoms with E-state index in [9.17, 15) is 13.2 Å². The maximum atomic E-state index is 12.9. The quantitative estimate of drug-likeness (QED) is 0.754. The van der Waals surface area contributed by atoms with E-state index >= 15 is 0 Å². The molecule has 0 saturated heterocycles. The second-order valence-electron chi connectivity index (χ2n) is 5.02. The Balaban J connectivity index is 2.61. The zero-order chi connectivity index (χ0) is 13.6. The molecule has 0 aromatic carbocycles. The van der Waals surface area contributed by atoms with Gasteiger partial charge >= 0.3 is 6.30 Å². The molecule has 0 aliphatic heterocycles. The molecule has 0 atom stereocenters. The van der Waals surface area contributed by atoms with Crippen LogP contribution in [0.2, 0.25) is 0 Å². The lowest BCUT2D eigenvalue weighted by atomic mass is 9.92. The average molecular weight is 274 g/mol. The molecule has 6 heteroatoms. The molecule has 0 bridgehead atoms. The molecule has 18 heavy (non-hydrogen) atoms. The van der Waals surface area contributed by atoms with Gasteiger partial charge in [0.25, 0.3) is 0 Å². The minimum absolute atomic E-state index is 0.0995. The number of nitrogens with zero attached hydrogens (tertiary/aromatic N) is 2. The lowest BCUT2D eigenvalue weighted by Gasteiger charge is -2.14. The molecule has 0 fully saturated rings. The Morgan fingerprint density at radius 2 is 1.89 bits per heavy atom. The van der Waals surface area contributed by atoms with E-state index < -0.39 is 11.7 Å². The fourth-order valence-corrected chi connectivity index (χ4v) is 2.27. The summed E-state index contributed by atoms with van der Waals surface area (Å²) in [6, 6.07) is 4.90. The van der Waals surface area contributed by atoms with Crippen LogP contribution in [0.3, 0.4) is 0 Å². The fourth-order valence-electron chi connectivity index (χ4n) is 1.54. The third kappa shape index (κ3) is 2.43. The molecule has 0 unspecified atom stereocenters. The maximum absolute atomic E-state index is 12.9. The van der Waals surface area contributed by atoms with Crippen LogP contribution in [0.15, 0.2) is 23.6 Å². The fraction of sp³-hybridized carbons (Fsp3) is 0.417. The van der Waals surface area contributed by atoms with Crippen LogP contribution < -0.4 is 0 Å². The Bertz CT molecular complexity index is 533. The van der Waals surface area contributed by atoms with E-state index in [1.807, 2.05) is 20.8 Å². The van der Waals surface area contributed by atoms with Gasteiger partial charge in [0.05, 0.1) is 16.3 Å². The number of rotatable bonds is 1. The van der Waals surface area contributed by atoms with Gasteiger partial charge in [0.15, 0.2) is 0 Å². The highest BCUT2D eigenvalue weighted by atomic mass is 32.1. The first-order valence-corrected chi connectivity index (χ1v) is 6.29. The van der Waals surface area contributed by atoms with Crippen LogP contribution >= 0.6 is 11.3 Å². The highest BCUT2D eigenvalue weighted by molar-refractivity contribution is 7.13. The van der Waals surface area contributed by atoms with Gasteiger partial charge in [-0.05, 0) is 17.5 Å². The van der Waals surface area contributed by atoms with E-state index in [0.717, 1.165) is 0 Å². The Kier molecular flexibility index (Phi) is 3.01. The van der Waals surface area contributed by atoms with Crippen molar-refractivity contribution >= 4 is 11.3 Å². The van der Waals surface area contributed by atoms with Gasteiger partial charge in [0.2, 0.25) is 0 Å². The lowest BCUT2D eigenvalue weighted by Crippen LogP contribution is -2.21. The van der Waals surface area contributed by atoms with Crippen LogP contribution in [-0.4, -0.2) is 9.78 Å². The van der Waals surface area contributed by atoms with E-state index in [0.29, 0.717) is 10.6 Å². The Labute approximate surface area is 107 Å². The van der Waals surface area contributed by atoms with Gasteiger partial charge in [0.1, 0.15) is 0 Å². The predicted molar refractivity (Wildman–Crippen MR) is 65.5 cm³/mol. The number of alkyl halides is 3. The van der Waals surface area contributed by atoms with Crippen molar-refractivity contribution in [2.45, 2.75) is 32.5 Å². The summed E-state index contributed by atoms with van der Waals surface area (Å²) in [5.41, 5.74) is 0.119. The Morgan fingerprint density at radius 1 is 1.22 bits per heavy atom. The molecule has 0 spiro atoms. The number of aromatic nitrogens is 2. The lowest BCUT2D eigenvalue weighted by molar-refractivity contribution is -0.211. The van der Waals surface area contributed by atoms with Gasteiger partial charge in [-0.1, -0.05) is 26.8 Å². The molecular formula is C12H13F3N2S. The van der Waals surface area contributed by atoms with Gasteiger partial charge in [-0.2, -0.15) is 9.78 Å². The molecule has 2 nitrogen and oxygen atoms in total. The van der Waals surface area contributed by atoms with Gasteiger partial charge in [-0.15, -0.1) is 24.5 Å². The molecule has 0 aliphatic carbocycles. The maximum Gasteiger partial charge on any atom is 0.505 e. The molecule has 98 valence electrons. The van der Waals surface area contributed by atoms with E-state index in [1.54, 1.807) is 17.5 Å². The standard InChI is InChI=1S/C12H13F3N2S/c1-11(2,3)10-7-8(9-5-4-6-18-9)17(16-10)12(13,14)15/h4-7H,1-3H3. The number of hydrogen-bond donors (Lipinski definition) is 0. The SMILES string of the molecule is CC(C)(C)c1cc(-c2cccs2)n(C(F)(F)F)n1. The normalized spacial score (nSPS) is 13.0. The van der Waals surface area contributed by atoms with Gasteiger partial charge < -0.3 is 0 Å². The molecule has 0 amide bonds. The summed E-state index contributed by atoms with van der Waals surface area (Å²) in [6.07, 6.45) is -4.50. The van der Waals surface area contributed by atoms with Gasteiger partial charge in [0, 0.05) is 5.41 Å². The third-order valence-electron chi connectivity index (χ3n) is 2.49. The monoisotopic (exact) mass is 274 g/mol. The highest BCUT2D eigenvalue weighted by Crippen LogP contribution is 2.35. The smallest absolute Gasteiger partial charge is 0.170 e. The van der Waals surface area contributed by atoms with Crippen molar-refractivity contribution in [3.8, 4) is 10.6 Å². The molecule has 2 aromatic rings. The van der Waals surface area contributed by atoms with Crippen molar-refractivity contribution in [2.75, 3.05) is 0 Å². The summed E-state index contributed by atoms with van der Waals surface area (Å²) in [5.74, 6) is 0. The minimum Gasteiger partial charge on any atom is -0.170 e. The van der Waals surface area contributed by atoms with E-state index in [-0.39, 0.29) is 10.4 Å². The van der Waals surface area contributed by atoms with E-state index in [1.165, 1.54) is 17.4 Å². The molecule has 0 saturated carbocycles. The van der Waals surface area contributed by atoms with Crippen molar-refractivity contribution in [1.29, 1.82) is 0 Å². The van der Waals surface area contributed by atoms with Gasteiger partial charge in [-0.25, -0.2) is 0 Å². The van der Waals surface area contributed by atoms with Crippen molar-refractivity contribution in [3.63, 3.8) is 0 Å². The summed E-state index contributed by atoms with van der Waals surface area (Å²) >= 11 is 1.27. The molecule has 0 radical (unpaired) electrons. The van der Waals surface area contributed by atoms with Crippen LogP contribution in [0.4, 0.5) is 13.2 Å². The molecule has 2 aromatic heterocycles. The van der Waals surface area contributed by atoms with Crippen LogP contribution in [0, 0.1) is 0 Å². The molecule has 2 heterocycles. The molecule has 0 aliphatic rings. The topological polar surface area (TPSA) is 17.8 Å². The summed E-state index contributed by atoms with van der Waals surface area (Å²) < 4.78 is 39.0. The van der Waals surface area contributed by atoms with Crippen molar-refractivity contribution < 1.29 is 13.2 Å². The van der Waals surface area contributed by atoms with Gasteiger partial charge in [-0.3, -0.25) is 0 Å². The van der Waals surface area contributed by atoms with Crippen LogP contribution in [0.25, 0.3) is 10.6 Å². The summed E-state index contributed by atoms with van der Waals surface area (Å²) in [5, 5.41) is 5.46. The highest BCUT2D eigenvalue weighted by Gasteiger charge is 2.36.